The molecule has 7 heteroatoms. The number of likely N-dealkylation sites (N-methyl/N-ethyl adjacent to an activating group) is 2. The van der Waals surface area contributed by atoms with Crippen molar-refractivity contribution in [2.45, 2.75) is 25.9 Å². The Bertz CT molecular complexity index is 525. The predicted molar refractivity (Wildman–Crippen MR) is 86.4 cm³/mol. The third-order valence-electron chi connectivity index (χ3n) is 3.85. The van der Waals surface area contributed by atoms with Crippen LogP contribution < -0.4 is 15.8 Å². The maximum Gasteiger partial charge on any atom is 0.287 e. The third kappa shape index (κ3) is 3.75. The van der Waals surface area contributed by atoms with Gasteiger partial charge in [-0.3, -0.25) is 4.79 Å². The first-order chi connectivity index (χ1) is 10.0. The topological polar surface area (TPSA) is 53.4 Å². The summed E-state index contributed by atoms with van der Waals surface area (Å²) in [4.78, 5) is 16.5. The number of rotatable bonds is 6. The molecule has 1 aromatic rings. The van der Waals surface area contributed by atoms with E-state index in [0.29, 0.717) is 12.6 Å². The van der Waals surface area contributed by atoms with Gasteiger partial charge in [0.1, 0.15) is 5.02 Å². The molecule has 1 N–H and O–H groups in total. The van der Waals surface area contributed by atoms with Crippen molar-refractivity contribution < 1.29 is 0 Å². The summed E-state index contributed by atoms with van der Waals surface area (Å²) in [7, 11) is 3.93. The Morgan fingerprint density at radius 2 is 2.29 bits per heavy atom. The van der Waals surface area contributed by atoms with Crippen LogP contribution in [-0.2, 0) is 6.54 Å². The van der Waals surface area contributed by atoms with E-state index >= 15 is 0 Å². The number of aromatic nitrogens is 2. The molecular weight excluding hydrogens is 290 g/mol. The normalized spacial score (nSPS) is 18.4. The first-order valence-electron chi connectivity index (χ1n) is 7.42. The van der Waals surface area contributed by atoms with E-state index in [1.54, 1.807) is 6.20 Å². The van der Waals surface area contributed by atoms with E-state index in [2.05, 4.69) is 22.2 Å². The summed E-state index contributed by atoms with van der Waals surface area (Å²) in [5.41, 5.74) is 0.541. The van der Waals surface area contributed by atoms with Crippen LogP contribution in [0, 0.1) is 0 Å². The second kappa shape index (κ2) is 7.24. The zero-order valence-corrected chi connectivity index (χ0v) is 13.7. The van der Waals surface area contributed by atoms with Crippen molar-refractivity contribution in [2.75, 3.05) is 45.2 Å². The zero-order valence-electron chi connectivity index (χ0n) is 13.0. The van der Waals surface area contributed by atoms with Crippen molar-refractivity contribution in [3.05, 3.63) is 21.6 Å². The second-order valence-electron chi connectivity index (χ2n) is 5.61. The molecule has 0 spiro atoms. The first kappa shape index (κ1) is 16.3. The molecule has 21 heavy (non-hydrogen) atoms. The molecule has 1 atom stereocenters. The van der Waals surface area contributed by atoms with Crippen LogP contribution in [0.15, 0.2) is 11.0 Å². The average molecular weight is 314 g/mol. The lowest BCUT2D eigenvalue weighted by atomic mass is 10.2. The van der Waals surface area contributed by atoms with Crippen LogP contribution in [0.5, 0.6) is 0 Å². The van der Waals surface area contributed by atoms with Gasteiger partial charge in [-0.15, -0.1) is 0 Å². The molecular formula is C14H24ClN5O. The highest BCUT2D eigenvalue weighted by Crippen LogP contribution is 2.24. The molecule has 1 aliphatic rings. The Labute approximate surface area is 130 Å². The molecule has 2 heterocycles. The van der Waals surface area contributed by atoms with Crippen molar-refractivity contribution in [3.63, 3.8) is 0 Å². The van der Waals surface area contributed by atoms with Crippen LogP contribution >= 0.6 is 11.6 Å². The van der Waals surface area contributed by atoms with E-state index in [1.165, 1.54) is 4.68 Å². The number of anilines is 1. The Kier molecular flexibility index (Phi) is 5.61. The van der Waals surface area contributed by atoms with E-state index in [-0.39, 0.29) is 10.6 Å². The fourth-order valence-electron chi connectivity index (χ4n) is 2.64. The quantitative estimate of drug-likeness (QED) is 0.835. The highest BCUT2D eigenvalue weighted by molar-refractivity contribution is 6.33. The van der Waals surface area contributed by atoms with Crippen LogP contribution in [0.1, 0.15) is 13.3 Å². The van der Waals surface area contributed by atoms with Gasteiger partial charge in [-0.2, -0.15) is 5.10 Å². The van der Waals surface area contributed by atoms with Crippen molar-refractivity contribution >= 4 is 17.3 Å². The van der Waals surface area contributed by atoms with Gasteiger partial charge in [0, 0.05) is 25.7 Å². The van der Waals surface area contributed by atoms with E-state index in [4.69, 9.17) is 11.6 Å². The monoisotopic (exact) mass is 313 g/mol. The molecule has 1 unspecified atom stereocenters. The molecule has 1 fully saturated rings. The fraction of sp³-hybridized carbons (Fsp3) is 0.714. The van der Waals surface area contributed by atoms with Gasteiger partial charge in [0.2, 0.25) is 0 Å². The molecule has 0 aliphatic carbocycles. The van der Waals surface area contributed by atoms with Crippen LogP contribution in [0.3, 0.4) is 0 Å². The molecule has 0 saturated carbocycles. The van der Waals surface area contributed by atoms with Crippen molar-refractivity contribution in [2.24, 2.45) is 0 Å². The van der Waals surface area contributed by atoms with Crippen molar-refractivity contribution in [3.8, 4) is 0 Å². The van der Waals surface area contributed by atoms with Gasteiger partial charge in [-0.1, -0.05) is 11.6 Å². The largest absolute Gasteiger partial charge is 0.365 e. The first-order valence-corrected chi connectivity index (χ1v) is 7.80. The Morgan fingerprint density at radius 3 is 2.86 bits per heavy atom. The summed E-state index contributed by atoms with van der Waals surface area (Å²) >= 11 is 6.32. The van der Waals surface area contributed by atoms with E-state index in [0.717, 1.165) is 38.3 Å². The highest BCUT2D eigenvalue weighted by atomic mass is 35.5. The molecule has 2 rings (SSSR count). The Balaban J connectivity index is 2.24. The van der Waals surface area contributed by atoms with Crippen molar-refractivity contribution in [1.29, 1.82) is 0 Å². The maximum atomic E-state index is 12.3. The molecule has 1 saturated heterocycles. The fourth-order valence-corrected chi connectivity index (χ4v) is 2.90. The molecule has 0 radical (unpaired) electrons. The van der Waals surface area contributed by atoms with Crippen LogP contribution in [0.25, 0.3) is 0 Å². The minimum absolute atomic E-state index is 0.208. The lowest BCUT2D eigenvalue weighted by Gasteiger charge is -2.29. The number of hydrogen-bond acceptors (Lipinski definition) is 5. The maximum absolute atomic E-state index is 12.3. The smallest absolute Gasteiger partial charge is 0.287 e. The molecule has 0 amide bonds. The highest BCUT2D eigenvalue weighted by Gasteiger charge is 2.24. The third-order valence-corrected chi connectivity index (χ3v) is 4.21. The SMILES string of the molecule is CCN(c1cnn(CCN(C)C)c(=O)c1Cl)C1CCNC1. The minimum atomic E-state index is -0.208. The van der Waals surface area contributed by atoms with Crippen LogP contribution in [-0.4, -0.2) is 61.0 Å². The number of nitrogens with one attached hydrogen (secondary N) is 1. The van der Waals surface area contributed by atoms with Gasteiger partial charge in [0.05, 0.1) is 18.4 Å². The summed E-state index contributed by atoms with van der Waals surface area (Å²) in [6.45, 7) is 6.12. The zero-order chi connectivity index (χ0) is 15.4. The van der Waals surface area contributed by atoms with Gasteiger partial charge in [0.25, 0.3) is 5.56 Å². The summed E-state index contributed by atoms with van der Waals surface area (Å²) in [5, 5.41) is 7.90. The molecule has 0 aromatic carbocycles. The van der Waals surface area contributed by atoms with E-state index < -0.39 is 0 Å². The second-order valence-corrected chi connectivity index (χ2v) is 5.99. The van der Waals surface area contributed by atoms with E-state index in [1.807, 2.05) is 19.0 Å². The number of nitrogens with zero attached hydrogens (tertiary/aromatic N) is 4. The average Bonchev–Trinajstić information content (AvgIpc) is 2.97. The lowest BCUT2D eigenvalue weighted by molar-refractivity contribution is 0.367. The predicted octanol–water partition coefficient (Wildman–Crippen LogP) is 0.647. The molecule has 118 valence electrons. The molecule has 6 nitrogen and oxygen atoms in total. The molecule has 0 bridgehead atoms. The number of hydrogen-bond donors (Lipinski definition) is 1. The number of halogens is 1. The van der Waals surface area contributed by atoms with E-state index in [9.17, 15) is 4.79 Å². The van der Waals surface area contributed by atoms with Crippen molar-refractivity contribution in [1.82, 2.24) is 20.0 Å². The summed E-state index contributed by atoms with van der Waals surface area (Å²) < 4.78 is 1.44. The standard InChI is InChI=1S/C14H24ClN5O/c1-4-19(11-5-6-16-9-11)12-10-17-20(8-7-18(2)3)14(21)13(12)15/h10-11,16H,4-9H2,1-3H3. The van der Waals surface area contributed by atoms with Gasteiger partial charge in [-0.25, -0.2) is 4.68 Å². The van der Waals surface area contributed by atoms with Crippen LogP contribution in [0.4, 0.5) is 5.69 Å². The summed E-state index contributed by atoms with van der Waals surface area (Å²) in [6, 6.07) is 0.381. The Hall–Kier alpha value is -1.11. The van der Waals surface area contributed by atoms with Gasteiger partial charge < -0.3 is 15.1 Å². The van der Waals surface area contributed by atoms with Gasteiger partial charge in [0.15, 0.2) is 0 Å². The Morgan fingerprint density at radius 1 is 1.52 bits per heavy atom. The molecule has 1 aliphatic heterocycles. The van der Waals surface area contributed by atoms with Gasteiger partial charge in [-0.05, 0) is 34.0 Å². The summed E-state index contributed by atoms with van der Waals surface area (Å²) in [6.07, 6.45) is 2.79. The van der Waals surface area contributed by atoms with Crippen LogP contribution in [0.2, 0.25) is 5.02 Å². The van der Waals surface area contributed by atoms with Gasteiger partial charge >= 0.3 is 0 Å². The lowest BCUT2D eigenvalue weighted by Crippen LogP contribution is -2.39. The summed E-state index contributed by atoms with van der Waals surface area (Å²) in [5.74, 6) is 0. The minimum Gasteiger partial charge on any atom is -0.365 e. The molecule has 1 aromatic heterocycles.